The highest BCUT2D eigenvalue weighted by molar-refractivity contribution is 7.99. The summed E-state index contributed by atoms with van der Waals surface area (Å²) in [7, 11) is 0. The van der Waals surface area contributed by atoms with Crippen molar-refractivity contribution in [3.8, 4) is 0 Å². The van der Waals surface area contributed by atoms with E-state index in [1.54, 1.807) is 0 Å². The molecule has 0 aliphatic carbocycles. The van der Waals surface area contributed by atoms with Gasteiger partial charge in [0.2, 0.25) is 0 Å². The third-order valence-corrected chi connectivity index (χ3v) is 6.61. The van der Waals surface area contributed by atoms with Crippen molar-refractivity contribution in [2.75, 3.05) is 31.1 Å². The highest BCUT2D eigenvalue weighted by Crippen LogP contribution is 2.46. The fourth-order valence-corrected chi connectivity index (χ4v) is 5.50. The minimum atomic E-state index is 0.236. The molecule has 2 aliphatic rings. The van der Waals surface area contributed by atoms with E-state index in [0.29, 0.717) is 5.41 Å². The molecule has 106 valence electrons. The van der Waals surface area contributed by atoms with Crippen LogP contribution < -0.4 is 5.73 Å². The Labute approximate surface area is 117 Å². The third kappa shape index (κ3) is 2.59. The summed E-state index contributed by atoms with van der Waals surface area (Å²) in [6, 6.07) is 0. The molecule has 2 nitrogen and oxygen atoms in total. The van der Waals surface area contributed by atoms with E-state index in [-0.39, 0.29) is 5.54 Å². The minimum absolute atomic E-state index is 0.236. The molecule has 2 rings (SSSR count). The number of rotatable bonds is 2. The molecule has 0 aromatic rings. The zero-order chi connectivity index (χ0) is 13.2. The first kappa shape index (κ1) is 14.7. The Morgan fingerprint density at radius 2 is 2.06 bits per heavy atom. The normalized spacial score (nSPS) is 38.3. The fraction of sp³-hybridized carbons (Fsp3) is 1.00. The Balaban J connectivity index is 2.19. The van der Waals surface area contributed by atoms with E-state index in [1.165, 1.54) is 50.3 Å². The summed E-state index contributed by atoms with van der Waals surface area (Å²) in [6.07, 6.45) is 5.40. The number of likely N-dealkylation sites (tertiary alicyclic amines) is 1. The van der Waals surface area contributed by atoms with Gasteiger partial charge < -0.3 is 5.73 Å². The SMILES string of the molecule is CC1CCCN(C2(CN)CSCCC2(C)C)CC1. The largest absolute Gasteiger partial charge is 0.329 e. The molecular weight excluding hydrogens is 240 g/mol. The monoisotopic (exact) mass is 270 g/mol. The van der Waals surface area contributed by atoms with Gasteiger partial charge in [0, 0.05) is 17.8 Å². The van der Waals surface area contributed by atoms with Crippen LogP contribution in [0.1, 0.15) is 46.5 Å². The zero-order valence-corrected chi connectivity index (χ0v) is 13.2. The highest BCUT2D eigenvalue weighted by atomic mass is 32.2. The summed E-state index contributed by atoms with van der Waals surface area (Å²) in [4.78, 5) is 2.75. The third-order valence-electron chi connectivity index (χ3n) is 5.43. The van der Waals surface area contributed by atoms with E-state index in [0.717, 1.165) is 12.5 Å². The van der Waals surface area contributed by atoms with Crippen LogP contribution in [0, 0.1) is 11.3 Å². The molecule has 0 saturated carbocycles. The van der Waals surface area contributed by atoms with Crippen molar-refractivity contribution in [2.45, 2.75) is 52.0 Å². The van der Waals surface area contributed by atoms with Crippen LogP contribution in [0.3, 0.4) is 0 Å². The number of nitrogens with two attached hydrogens (primary N) is 1. The number of hydrogen-bond donors (Lipinski definition) is 1. The van der Waals surface area contributed by atoms with Crippen LogP contribution in [0.15, 0.2) is 0 Å². The maximum atomic E-state index is 6.28. The Hall–Kier alpha value is 0.270. The van der Waals surface area contributed by atoms with Crippen LogP contribution >= 0.6 is 11.8 Å². The number of hydrogen-bond acceptors (Lipinski definition) is 3. The van der Waals surface area contributed by atoms with Crippen LogP contribution in [-0.2, 0) is 0 Å². The molecule has 2 unspecified atom stereocenters. The molecule has 2 heterocycles. The van der Waals surface area contributed by atoms with Crippen LogP contribution in [-0.4, -0.2) is 41.6 Å². The second kappa shape index (κ2) is 5.72. The molecule has 2 atom stereocenters. The average Bonchev–Trinajstić information content (AvgIpc) is 2.54. The van der Waals surface area contributed by atoms with E-state index in [4.69, 9.17) is 5.73 Å². The lowest BCUT2D eigenvalue weighted by atomic mass is 9.69. The number of nitrogens with zero attached hydrogens (tertiary/aromatic N) is 1. The van der Waals surface area contributed by atoms with E-state index in [2.05, 4.69) is 37.4 Å². The number of thioether (sulfide) groups is 1. The molecule has 2 fully saturated rings. The quantitative estimate of drug-likeness (QED) is 0.836. The smallest absolute Gasteiger partial charge is 0.0472 e. The lowest BCUT2D eigenvalue weighted by Gasteiger charge is -2.55. The van der Waals surface area contributed by atoms with Crippen LogP contribution in [0.2, 0.25) is 0 Å². The molecule has 2 saturated heterocycles. The van der Waals surface area contributed by atoms with Crippen molar-refractivity contribution in [1.29, 1.82) is 0 Å². The minimum Gasteiger partial charge on any atom is -0.329 e. The Kier molecular flexibility index (Phi) is 4.66. The predicted octanol–water partition coefficient (Wildman–Crippen LogP) is 2.97. The summed E-state index contributed by atoms with van der Waals surface area (Å²) < 4.78 is 0. The van der Waals surface area contributed by atoms with Gasteiger partial charge in [0.15, 0.2) is 0 Å². The molecule has 0 radical (unpaired) electrons. The Morgan fingerprint density at radius 1 is 1.28 bits per heavy atom. The molecule has 0 aromatic heterocycles. The van der Waals surface area contributed by atoms with Crippen LogP contribution in [0.25, 0.3) is 0 Å². The lowest BCUT2D eigenvalue weighted by molar-refractivity contribution is 0.00304. The van der Waals surface area contributed by atoms with Gasteiger partial charge in [0.05, 0.1) is 0 Å². The van der Waals surface area contributed by atoms with E-state index in [9.17, 15) is 0 Å². The summed E-state index contributed by atoms with van der Waals surface area (Å²) in [5, 5.41) is 0. The molecule has 0 spiro atoms. The van der Waals surface area contributed by atoms with E-state index < -0.39 is 0 Å². The van der Waals surface area contributed by atoms with Crippen molar-refractivity contribution < 1.29 is 0 Å². The second-order valence-electron chi connectivity index (χ2n) is 6.95. The second-order valence-corrected chi connectivity index (χ2v) is 8.05. The predicted molar refractivity (Wildman–Crippen MR) is 82.1 cm³/mol. The van der Waals surface area contributed by atoms with Gasteiger partial charge in [-0.2, -0.15) is 11.8 Å². The summed E-state index contributed by atoms with van der Waals surface area (Å²) in [6.45, 7) is 10.6. The highest BCUT2D eigenvalue weighted by Gasteiger charge is 2.49. The first-order chi connectivity index (χ1) is 8.52. The first-order valence-electron chi connectivity index (χ1n) is 7.55. The fourth-order valence-electron chi connectivity index (χ4n) is 3.67. The van der Waals surface area contributed by atoms with Gasteiger partial charge in [-0.1, -0.05) is 20.8 Å². The average molecular weight is 270 g/mol. The molecule has 3 heteroatoms. The van der Waals surface area contributed by atoms with Gasteiger partial charge in [-0.05, 0) is 55.9 Å². The first-order valence-corrected chi connectivity index (χ1v) is 8.70. The summed E-state index contributed by atoms with van der Waals surface area (Å²) in [5.74, 6) is 3.42. The molecule has 0 amide bonds. The lowest BCUT2D eigenvalue weighted by Crippen LogP contribution is -2.66. The molecule has 2 N–H and O–H groups in total. The van der Waals surface area contributed by atoms with Crippen molar-refractivity contribution in [1.82, 2.24) is 4.90 Å². The van der Waals surface area contributed by atoms with E-state index in [1.807, 2.05) is 0 Å². The van der Waals surface area contributed by atoms with Crippen LogP contribution in [0.5, 0.6) is 0 Å². The molecular formula is C15H30N2S. The van der Waals surface area contributed by atoms with Crippen molar-refractivity contribution in [3.05, 3.63) is 0 Å². The van der Waals surface area contributed by atoms with Gasteiger partial charge in [0.25, 0.3) is 0 Å². The van der Waals surface area contributed by atoms with Gasteiger partial charge in [-0.3, -0.25) is 4.90 Å². The van der Waals surface area contributed by atoms with Gasteiger partial charge in [-0.25, -0.2) is 0 Å². The maximum absolute atomic E-state index is 6.28. The van der Waals surface area contributed by atoms with Crippen molar-refractivity contribution in [2.24, 2.45) is 17.1 Å². The Morgan fingerprint density at radius 3 is 2.72 bits per heavy atom. The maximum Gasteiger partial charge on any atom is 0.0472 e. The topological polar surface area (TPSA) is 29.3 Å². The van der Waals surface area contributed by atoms with Gasteiger partial charge >= 0.3 is 0 Å². The zero-order valence-electron chi connectivity index (χ0n) is 12.4. The van der Waals surface area contributed by atoms with Crippen molar-refractivity contribution in [3.63, 3.8) is 0 Å². The summed E-state index contributed by atoms with van der Waals surface area (Å²) in [5.41, 5.74) is 6.87. The van der Waals surface area contributed by atoms with Crippen LogP contribution in [0.4, 0.5) is 0 Å². The van der Waals surface area contributed by atoms with Gasteiger partial charge in [0.1, 0.15) is 0 Å². The Bertz CT molecular complexity index is 280. The van der Waals surface area contributed by atoms with E-state index >= 15 is 0 Å². The van der Waals surface area contributed by atoms with Gasteiger partial charge in [-0.15, -0.1) is 0 Å². The molecule has 2 aliphatic heterocycles. The summed E-state index contributed by atoms with van der Waals surface area (Å²) >= 11 is 2.11. The molecule has 18 heavy (non-hydrogen) atoms. The molecule has 0 aromatic carbocycles. The molecule has 0 bridgehead atoms. The van der Waals surface area contributed by atoms with Crippen molar-refractivity contribution >= 4 is 11.8 Å². The standard InChI is InChI=1S/C15H30N2S/c1-13-5-4-8-17(9-6-13)15(11-16)12-18-10-7-14(15,2)3/h13H,4-12,16H2,1-3H3.